The van der Waals surface area contributed by atoms with Crippen molar-refractivity contribution in [2.75, 3.05) is 0 Å². The molecule has 0 aliphatic heterocycles. The molecule has 85 valence electrons. The summed E-state index contributed by atoms with van der Waals surface area (Å²) in [5.74, 6) is 0. The summed E-state index contributed by atoms with van der Waals surface area (Å²) in [6.45, 7) is 3.24. The Morgan fingerprint density at radius 1 is 0.571 bits per heavy atom. The summed E-state index contributed by atoms with van der Waals surface area (Å²) in [6.07, 6.45) is 0. The van der Waals surface area contributed by atoms with Crippen LogP contribution in [-0.4, -0.2) is 16.8 Å². The molecule has 0 nitrogen and oxygen atoms in total. The number of hydrogen-bond acceptors (Lipinski definition) is 0. The fourth-order valence-electron chi connectivity index (χ4n) is 0.408. The monoisotopic (exact) mass is 377 g/mol. The van der Waals surface area contributed by atoms with Crippen LogP contribution in [-0.2, 0) is 0 Å². The molecule has 9 heteroatoms. The Morgan fingerprint density at radius 3 is 0.929 bits per heavy atom. The van der Waals surface area contributed by atoms with Crippen LogP contribution in [0.4, 0.5) is 0 Å². The molecule has 0 fully saturated rings. The van der Waals surface area contributed by atoms with Gasteiger partial charge in [0.25, 0.3) is 0 Å². The second-order valence-electron chi connectivity index (χ2n) is 2.35. The molecule has 1 radical (unpaired) electrons. The average molecular weight is 381 g/mol. The van der Waals surface area contributed by atoms with E-state index in [0.717, 1.165) is 0 Å². The van der Waals surface area contributed by atoms with Crippen LogP contribution in [0.3, 0.4) is 0 Å². The third-order valence-electron chi connectivity index (χ3n) is 1.21. The molecule has 0 unspecified atom stereocenters. The second kappa shape index (κ2) is 4.71. The van der Waals surface area contributed by atoms with E-state index in [2.05, 4.69) is 6.92 Å². The Morgan fingerprint density at radius 2 is 0.857 bits per heavy atom. The van der Waals surface area contributed by atoms with Gasteiger partial charge in [-0.05, 0) is 6.92 Å². The maximum absolute atomic E-state index is 5.71. The summed E-state index contributed by atoms with van der Waals surface area (Å²) in [5.41, 5.74) is 0. The van der Waals surface area contributed by atoms with Crippen LogP contribution >= 0.6 is 104 Å². The zero-order valence-electron chi connectivity index (χ0n) is 6.11. The maximum Gasteiger partial charge on any atom is 0.226 e. The van der Waals surface area contributed by atoms with Crippen LogP contribution in [0.5, 0.6) is 0 Å². The zero-order valence-corrected chi connectivity index (χ0v) is 12.9. The number of halogens is 9. The lowest BCUT2D eigenvalue weighted by molar-refractivity contribution is 0.640. The average Bonchev–Trinajstić information content (AvgIpc) is 1.81. The first kappa shape index (κ1) is 16.6. The summed E-state index contributed by atoms with van der Waals surface area (Å²) in [6, 6.07) is 0. The minimum Gasteiger partial charge on any atom is -0.0982 e. The summed E-state index contributed by atoms with van der Waals surface area (Å²) >= 11 is 50.3. The van der Waals surface area contributed by atoms with E-state index in [1.165, 1.54) is 0 Å². The Hall–Kier alpha value is 2.61. The molecule has 0 amide bonds. The highest BCUT2D eigenvalue weighted by Crippen LogP contribution is 2.61. The predicted octanol–water partition coefficient (Wildman–Crippen LogP) is 5.71. The van der Waals surface area contributed by atoms with Gasteiger partial charge in [0, 0.05) is 0 Å². The van der Waals surface area contributed by atoms with Gasteiger partial charge in [-0.1, -0.05) is 104 Å². The van der Waals surface area contributed by atoms with Gasteiger partial charge in [-0.2, -0.15) is 0 Å². The minimum atomic E-state index is -2.24. The van der Waals surface area contributed by atoms with Crippen molar-refractivity contribution in [2.45, 2.75) is 16.8 Å². The van der Waals surface area contributed by atoms with Gasteiger partial charge >= 0.3 is 0 Å². The first-order chi connectivity index (χ1) is 5.75. The molecule has 0 saturated carbocycles. The molecule has 0 atom stereocenters. The third-order valence-corrected chi connectivity index (χ3v) is 6.33. The summed E-state index contributed by atoms with van der Waals surface area (Å²) in [5, 5.41) is 0. The number of rotatable bonds is 2. The van der Waals surface area contributed by atoms with E-state index < -0.39 is 16.8 Å². The summed E-state index contributed by atoms with van der Waals surface area (Å²) in [4.78, 5) is 0. The highest BCUT2D eigenvalue weighted by Gasteiger charge is 2.66. The molecule has 0 saturated heterocycles. The van der Waals surface area contributed by atoms with Crippen molar-refractivity contribution in [1.29, 1.82) is 0 Å². The van der Waals surface area contributed by atoms with Crippen molar-refractivity contribution >= 4 is 104 Å². The van der Waals surface area contributed by atoms with Crippen LogP contribution in [0.25, 0.3) is 0 Å². The topological polar surface area (TPSA) is 0 Å². The lowest BCUT2D eigenvalue weighted by Crippen LogP contribution is -2.55. The molecule has 0 heterocycles. The third kappa shape index (κ3) is 3.09. The lowest BCUT2D eigenvalue weighted by atomic mass is 10.2. The quantitative estimate of drug-likeness (QED) is 0.538. The molecule has 0 spiro atoms. The Kier molecular flexibility index (Phi) is 5.58. The van der Waals surface area contributed by atoms with Crippen molar-refractivity contribution in [1.82, 2.24) is 0 Å². The Labute approximate surface area is 127 Å². The van der Waals surface area contributed by atoms with Crippen molar-refractivity contribution < 1.29 is 0 Å². The van der Waals surface area contributed by atoms with Gasteiger partial charge in [-0.15, -0.1) is 0 Å². The first-order valence-corrected chi connectivity index (χ1v) is 6.21. The smallest absolute Gasteiger partial charge is 0.0982 e. The molecule has 0 rings (SSSR count). The molecule has 0 aromatic rings. The molecule has 0 aliphatic carbocycles. The van der Waals surface area contributed by atoms with E-state index in [-0.39, 0.29) is 0 Å². The molecular formula is C5H2Cl9. The maximum atomic E-state index is 5.71. The van der Waals surface area contributed by atoms with Gasteiger partial charge in [0.1, 0.15) is 0 Å². The summed E-state index contributed by atoms with van der Waals surface area (Å²) < 4.78 is -8.56. The standard InChI is InChI=1S/C5H2Cl9/c1-2(6,7)3(8,9)4(10,11)5(12,13)14/h1H2. The molecule has 0 aromatic heterocycles. The van der Waals surface area contributed by atoms with Crippen molar-refractivity contribution in [3.63, 3.8) is 0 Å². The zero-order chi connectivity index (χ0) is 12.0. The van der Waals surface area contributed by atoms with E-state index in [1.54, 1.807) is 0 Å². The number of hydrogen-bond donors (Lipinski definition) is 0. The van der Waals surface area contributed by atoms with Gasteiger partial charge in [-0.25, -0.2) is 0 Å². The molecule has 0 aromatic carbocycles. The molecule has 0 N–H and O–H groups in total. The van der Waals surface area contributed by atoms with Crippen LogP contribution in [0.15, 0.2) is 0 Å². The van der Waals surface area contributed by atoms with Crippen molar-refractivity contribution in [3.8, 4) is 0 Å². The van der Waals surface area contributed by atoms with Crippen LogP contribution < -0.4 is 0 Å². The minimum absolute atomic E-state index is 1.95. The van der Waals surface area contributed by atoms with E-state index in [9.17, 15) is 0 Å². The van der Waals surface area contributed by atoms with Gasteiger partial charge < -0.3 is 0 Å². The largest absolute Gasteiger partial charge is 0.226 e. The fourth-order valence-corrected chi connectivity index (χ4v) is 2.21. The van der Waals surface area contributed by atoms with E-state index in [1.807, 2.05) is 0 Å². The second-order valence-corrected chi connectivity index (χ2v) is 8.77. The van der Waals surface area contributed by atoms with Gasteiger partial charge in [-0.3, -0.25) is 0 Å². The van der Waals surface area contributed by atoms with E-state index >= 15 is 0 Å². The lowest BCUT2D eigenvalue weighted by Gasteiger charge is -2.42. The van der Waals surface area contributed by atoms with Crippen LogP contribution in [0, 0.1) is 6.92 Å². The highest BCUT2D eigenvalue weighted by molar-refractivity contribution is 6.80. The fraction of sp³-hybridized carbons (Fsp3) is 0.800. The predicted molar refractivity (Wildman–Crippen MR) is 69.0 cm³/mol. The molecule has 0 bridgehead atoms. The van der Waals surface area contributed by atoms with Crippen molar-refractivity contribution in [3.05, 3.63) is 6.92 Å². The van der Waals surface area contributed by atoms with E-state index in [4.69, 9.17) is 104 Å². The number of alkyl halides is 9. The normalized spacial score (nSPS) is 15.9. The van der Waals surface area contributed by atoms with Gasteiger partial charge in [0.15, 0.2) is 13.0 Å². The molecule has 0 aliphatic rings. The van der Waals surface area contributed by atoms with Crippen LogP contribution in [0.2, 0.25) is 0 Å². The van der Waals surface area contributed by atoms with Crippen LogP contribution in [0.1, 0.15) is 0 Å². The highest BCUT2D eigenvalue weighted by atomic mass is 35.6. The van der Waals surface area contributed by atoms with Crippen molar-refractivity contribution in [2.24, 2.45) is 0 Å². The Balaban J connectivity index is 5.30. The molecular weight excluding hydrogens is 379 g/mol. The van der Waals surface area contributed by atoms with Gasteiger partial charge in [0.2, 0.25) is 3.79 Å². The van der Waals surface area contributed by atoms with E-state index in [0.29, 0.717) is 0 Å². The molecule has 14 heavy (non-hydrogen) atoms. The SMILES string of the molecule is [CH2]C(Cl)(Cl)C(Cl)(Cl)C(Cl)(Cl)C(Cl)(Cl)Cl. The first-order valence-electron chi connectivity index (χ1n) is 2.80. The summed E-state index contributed by atoms with van der Waals surface area (Å²) in [7, 11) is 0. The van der Waals surface area contributed by atoms with Gasteiger partial charge in [0.05, 0.1) is 0 Å². The Bertz CT molecular complexity index is 182.